The van der Waals surface area contributed by atoms with Crippen molar-refractivity contribution in [3.05, 3.63) is 6.20 Å². The third-order valence-electron chi connectivity index (χ3n) is 3.52. The number of carbonyl (C=O) groups excluding carboxylic acids is 1. The van der Waals surface area contributed by atoms with Crippen molar-refractivity contribution in [1.29, 1.82) is 0 Å². The number of urea groups is 1. The predicted molar refractivity (Wildman–Crippen MR) is 85.5 cm³/mol. The molecule has 2 rings (SSSR count). The van der Waals surface area contributed by atoms with Crippen molar-refractivity contribution in [2.45, 2.75) is 43.9 Å². The van der Waals surface area contributed by atoms with Gasteiger partial charge < -0.3 is 10.1 Å². The van der Waals surface area contributed by atoms with Crippen LogP contribution in [0.3, 0.4) is 0 Å². The van der Waals surface area contributed by atoms with Crippen molar-refractivity contribution in [2.24, 2.45) is 0 Å². The van der Waals surface area contributed by atoms with Crippen LogP contribution in [-0.4, -0.2) is 39.4 Å². The van der Waals surface area contributed by atoms with Gasteiger partial charge >= 0.3 is 6.03 Å². The number of thiazole rings is 1. The number of nitrogens with zero attached hydrogens (tertiary/aromatic N) is 1. The number of methoxy groups -OCH3 is 1. The molecule has 1 heterocycles. The van der Waals surface area contributed by atoms with E-state index in [-0.39, 0.29) is 17.3 Å². The summed E-state index contributed by atoms with van der Waals surface area (Å²) in [6.07, 6.45) is 5.29. The lowest BCUT2D eigenvalue weighted by Gasteiger charge is -2.28. The maximum Gasteiger partial charge on any atom is 0.321 e. The molecule has 118 valence electrons. The highest BCUT2D eigenvalue weighted by Gasteiger charge is 2.26. The van der Waals surface area contributed by atoms with E-state index in [0.29, 0.717) is 15.9 Å². The molecule has 6 nitrogen and oxygen atoms in total. The summed E-state index contributed by atoms with van der Waals surface area (Å²) in [5.41, 5.74) is 0. The minimum Gasteiger partial charge on any atom is -0.486 e. The molecular formula is C13H21N3O3S2. The number of rotatable bonds is 5. The first kappa shape index (κ1) is 16.2. The highest BCUT2D eigenvalue weighted by Crippen LogP contribution is 2.25. The largest absolute Gasteiger partial charge is 0.486 e. The van der Waals surface area contributed by atoms with Crippen LogP contribution in [0.4, 0.5) is 9.93 Å². The lowest BCUT2D eigenvalue weighted by Crippen LogP contribution is -2.42. The quantitative estimate of drug-likeness (QED) is 0.868. The van der Waals surface area contributed by atoms with Gasteiger partial charge in [-0.15, -0.1) is 0 Å². The van der Waals surface area contributed by atoms with Crippen molar-refractivity contribution in [3.8, 4) is 5.06 Å². The molecular weight excluding hydrogens is 310 g/mol. The van der Waals surface area contributed by atoms with E-state index in [1.165, 1.54) is 11.3 Å². The van der Waals surface area contributed by atoms with Crippen LogP contribution < -0.4 is 15.4 Å². The van der Waals surface area contributed by atoms with Crippen molar-refractivity contribution in [3.63, 3.8) is 0 Å². The number of anilines is 1. The minimum absolute atomic E-state index is 0.0844. The number of hydrogen-bond acceptors (Lipinski definition) is 5. The molecule has 1 aromatic heterocycles. The molecule has 0 saturated heterocycles. The van der Waals surface area contributed by atoms with E-state index in [2.05, 4.69) is 15.6 Å². The summed E-state index contributed by atoms with van der Waals surface area (Å²) in [6.45, 7) is 1.94. The number of aromatic nitrogens is 1. The van der Waals surface area contributed by atoms with Gasteiger partial charge in [0, 0.05) is 27.8 Å². The maximum absolute atomic E-state index is 12.0. The second-order valence-electron chi connectivity index (χ2n) is 4.94. The standard InChI is InChI=1S/C13H21N3O3S2/c1-3-21(18)10-6-4-5-9(7-10)15-12(17)16-13-14-8-11(19-2)20-13/h8-10H,3-7H2,1-2H3,(H2,14,15,16,17). The average molecular weight is 331 g/mol. The zero-order valence-electron chi connectivity index (χ0n) is 12.3. The van der Waals surface area contributed by atoms with E-state index < -0.39 is 10.8 Å². The first-order chi connectivity index (χ1) is 10.1. The maximum atomic E-state index is 12.0. The van der Waals surface area contributed by atoms with Gasteiger partial charge in [-0.2, -0.15) is 0 Å². The fourth-order valence-corrected chi connectivity index (χ4v) is 4.46. The van der Waals surface area contributed by atoms with Crippen LogP contribution in [0.1, 0.15) is 32.6 Å². The van der Waals surface area contributed by atoms with Crippen molar-refractivity contribution >= 4 is 33.3 Å². The molecule has 2 N–H and O–H groups in total. The summed E-state index contributed by atoms with van der Waals surface area (Å²) < 4.78 is 16.9. The molecule has 1 saturated carbocycles. The molecule has 1 aliphatic carbocycles. The highest BCUT2D eigenvalue weighted by molar-refractivity contribution is 7.85. The van der Waals surface area contributed by atoms with Gasteiger partial charge in [-0.25, -0.2) is 9.78 Å². The van der Waals surface area contributed by atoms with E-state index in [4.69, 9.17) is 4.74 Å². The second kappa shape index (κ2) is 7.74. The van der Waals surface area contributed by atoms with Gasteiger partial charge in [0.1, 0.15) is 0 Å². The molecule has 0 radical (unpaired) electrons. The van der Waals surface area contributed by atoms with Crippen LogP contribution in [0.5, 0.6) is 5.06 Å². The smallest absolute Gasteiger partial charge is 0.321 e. The third-order valence-corrected chi connectivity index (χ3v) is 6.14. The zero-order chi connectivity index (χ0) is 15.2. The fourth-order valence-electron chi connectivity index (χ4n) is 2.48. The summed E-state index contributed by atoms with van der Waals surface area (Å²) in [6, 6.07) is -0.180. The third kappa shape index (κ3) is 4.67. The van der Waals surface area contributed by atoms with Crippen molar-refractivity contribution in [1.82, 2.24) is 10.3 Å². The number of amides is 2. The lowest BCUT2D eigenvalue weighted by atomic mass is 9.95. The molecule has 1 aromatic rings. The number of nitrogens with one attached hydrogen (secondary N) is 2. The van der Waals surface area contributed by atoms with E-state index in [9.17, 15) is 9.00 Å². The summed E-state index contributed by atoms with van der Waals surface area (Å²) in [4.78, 5) is 16.0. The Morgan fingerprint density at radius 1 is 1.57 bits per heavy atom. The topological polar surface area (TPSA) is 80.3 Å². The number of carbonyl (C=O) groups is 1. The van der Waals surface area contributed by atoms with Gasteiger partial charge in [0.05, 0.1) is 13.3 Å². The van der Waals surface area contributed by atoms with Crippen LogP contribution >= 0.6 is 11.3 Å². The molecule has 0 bridgehead atoms. The Morgan fingerprint density at radius 3 is 3.05 bits per heavy atom. The van der Waals surface area contributed by atoms with Crippen LogP contribution in [-0.2, 0) is 10.8 Å². The van der Waals surface area contributed by atoms with E-state index >= 15 is 0 Å². The molecule has 0 aliphatic heterocycles. The number of hydrogen-bond donors (Lipinski definition) is 2. The molecule has 1 fully saturated rings. The molecule has 3 unspecified atom stereocenters. The summed E-state index contributed by atoms with van der Waals surface area (Å²) in [5.74, 6) is 0.683. The number of ether oxygens (including phenoxy) is 1. The molecule has 3 atom stereocenters. The van der Waals surface area contributed by atoms with Crippen LogP contribution in [0, 0.1) is 0 Å². The van der Waals surface area contributed by atoms with Gasteiger partial charge in [-0.1, -0.05) is 24.7 Å². The van der Waals surface area contributed by atoms with Gasteiger partial charge in [0.2, 0.25) is 0 Å². The lowest BCUT2D eigenvalue weighted by molar-refractivity contribution is 0.244. The molecule has 2 amide bonds. The fraction of sp³-hybridized carbons (Fsp3) is 0.692. The van der Waals surface area contributed by atoms with Gasteiger partial charge in [0.25, 0.3) is 0 Å². The van der Waals surface area contributed by atoms with Crippen molar-refractivity contribution in [2.75, 3.05) is 18.2 Å². The van der Waals surface area contributed by atoms with Gasteiger partial charge in [0.15, 0.2) is 10.2 Å². The van der Waals surface area contributed by atoms with Crippen LogP contribution in [0.15, 0.2) is 6.20 Å². The molecule has 1 aliphatic rings. The Hall–Kier alpha value is -1.15. The Balaban J connectivity index is 1.83. The van der Waals surface area contributed by atoms with Crippen LogP contribution in [0.25, 0.3) is 0 Å². The molecule has 21 heavy (non-hydrogen) atoms. The average Bonchev–Trinajstić information content (AvgIpc) is 2.94. The van der Waals surface area contributed by atoms with E-state index in [1.54, 1.807) is 13.3 Å². The van der Waals surface area contributed by atoms with Crippen LogP contribution in [0.2, 0.25) is 0 Å². The Morgan fingerprint density at radius 2 is 2.38 bits per heavy atom. The monoisotopic (exact) mass is 331 g/mol. The first-order valence-electron chi connectivity index (χ1n) is 7.07. The summed E-state index contributed by atoms with van der Waals surface area (Å²) >= 11 is 1.28. The van der Waals surface area contributed by atoms with Gasteiger partial charge in [-0.05, 0) is 19.3 Å². The van der Waals surface area contributed by atoms with E-state index in [0.717, 1.165) is 25.7 Å². The normalized spacial score (nSPS) is 23.3. The Kier molecular flexibility index (Phi) is 5.98. The Labute approximate surface area is 131 Å². The SMILES string of the molecule is CCS(=O)C1CCCC(NC(=O)Nc2ncc(OC)s2)C1. The highest BCUT2D eigenvalue weighted by atomic mass is 32.2. The molecule has 0 spiro atoms. The minimum atomic E-state index is -0.783. The zero-order valence-corrected chi connectivity index (χ0v) is 13.9. The van der Waals surface area contributed by atoms with Crippen molar-refractivity contribution < 1.29 is 13.7 Å². The van der Waals surface area contributed by atoms with E-state index in [1.807, 2.05) is 6.92 Å². The summed E-state index contributed by atoms with van der Waals surface area (Å²) in [7, 11) is 0.780. The van der Waals surface area contributed by atoms with Gasteiger partial charge in [-0.3, -0.25) is 9.53 Å². The second-order valence-corrected chi connectivity index (χ2v) is 7.94. The first-order valence-corrected chi connectivity index (χ1v) is 9.26. The molecule has 8 heteroatoms. The Bertz CT molecular complexity index is 507. The summed E-state index contributed by atoms with van der Waals surface area (Å²) in [5, 5.41) is 7.01. The predicted octanol–water partition coefficient (Wildman–Crippen LogP) is 2.35. The molecule has 0 aromatic carbocycles.